The monoisotopic (exact) mass is 329 g/mol. The van der Waals surface area contributed by atoms with Crippen LogP contribution < -0.4 is 4.72 Å². The van der Waals surface area contributed by atoms with Crippen molar-refractivity contribution in [2.45, 2.75) is 18.5 Å². The van der Waals surface area contributed by atoms with E-state index >= 15 is 0 Å². The Hall–Kier alpha value is -1.86. The lowest BCUT2D eigenvalue weighted by atomic mass is 10.1. The molecule has 0 atom stereocenters. The standard InChI is InChI=1S/C15H14F3NO2S/c16-15(17,18)14-8-4-7-13(9-14)10-19-22(20,21)11-12-5-2-1-3-6-12/h1-9,19H,10-11H2. The van der Waals surface area contributed by atoms with Crippen LogP contribution in [0.3, 0.4) is 0 Å². The molecule has 0 aliphatic carbocycles. The summed E-state index contributed by atoms with van der Waals surface area (Å²) in [5.41, 5.74) is 0.0674. The fourth-order valence-electron chi connectivity index (χ4n) is 1.90. The van der Waals surface area contributed by atoms with Gasteiger partial charge in [-0.05, 0) is 17.2 Å². The van der Waals surface area contributed by atoms with Crippen molar-refractivity contribution in [1.29, 1.82) is 0 Å². The molecule has 7 heteroatoms. The first-order valence-corrected chi connectivity index (χ1v) is 8.09. The van der Waals surface area contributed by atoms with Crippen LogP contribution in [0.5, 0.6) is 0 Å². The molecule has 2 rings (SSSR count). The largest absolute Gasteiger partial charge is 0.416 e. The molecule has 0 aliphatic heterocycles. The molecule has 0 bridgehead atoms. The highest BCUT2D eigenvalue weighted by molar-refractivity contribution is 7.88. The van der Waals surface area contributed by atoms with Gasteiger partial charge in [-0.25, -0.2) is 13.1 Å². The SMILES string of the molecule is O=S(=O)(Cc1ccccc1)NCc1cccc(C(F)(F)F)c1. The summed E-state index contributed by atoms with van der Waals surface area (Å²) in [6.07, 6.45) is -4.45. The molecule has 2 aromatic carbocycles. The second kappa shape index (κ2) is 6.50. The van der Waals surface area contributed by atoms with Gasteiger partial charge in [0.15, 0.2) is 0 Å². The minimum atomic E-state index is -4.45. The first-order chi connectivity index (χ1) is 10.3. The third kappa shape index (κ3) is 4.85. The maximum absolute atomic E-state index is 12.6. The van der Waals surface area contributed by atoms with Crippen LogP contribution in [0.1, 0.15) is 16.7 Å². The number of hydrogen-bond acceptors (Lipinski definition) is 2. The Morgan fingerprint density at radius 1 is 0.909 bits per heavy atom. The van der Waals surface area contributed by atoms with E-state index in [1.54, 1.807) is 30.3 Å². The molecule has 0 radical (unpaired) electrons. The molecule has 3 nitrogen and oxygen atoms in total. The zero-order valence-electron chi connectivity index (χ0n) is 11.5. The van der Waals surface area contributed by atoms with Gasteiger partial charge in [0.25, 0.3) is 0 Å². The molecule has 0 amide bonds. The molecule has 0 aliphatic rings. The number of nitrogens with one attached hydrogen (secondary N) is 1. The summed E-state index contributed by atoms with van der Waals surface area (Å²) >= 11 is 0. The van der Waals surface area contributed by atoms with E-state index in [0.717, 1.165) is 12.1 Å². The van der Waals surface area contributed by atoms with Crippen LogP contribution >= 0.6 is 0 Å². The lowest BCUT2D eigenvalue weighted by Crippen LogP contribution is -2.24. The van der Waals surface area contributed by atoms with E-state index in [-0.39, 0.29) is 17.9 Å². The van der Waals surface area contributed by atoms with Gasteiger partial charge < -0.3 is 0 Å². The first kappa shape index (κ1) is 16.5. The highest BCUT2D eigenvalue weighted by atomic mass is 32.2. The van der Waals surface area contributed by atoms with E-state index in [0.29, 0.717) is 5.56 Å². The predicted molar refractivity (Wildman–Crippen MR) is 77.3 cm³/mol. The van der Waals surface area contributed by atoms with Crippen LogP contribution in [-0.2, 0) is 28.5 Å². The Balaban J connectivity index is 2.03. The Morgan fingerprint density at radius 3 is 2.18 bits per heavy atom. The van der Waals surface area contributed by atoms with Crippen LogP contribution in [0.15, 0.2) is 54.6 Å². The van der Waals surface area contributed by atoms with Crippen molar-refractivity contribution in [3.8, 4) is 0 Å². The van der Waals surface area contributed by atoms with Crippen molar-refractivity contribution in [2.75, 3.05) is 0 Å². The van der Waals surface area contributed by atoms with Gasteiger partial charge in [-0.15, -0.1) is 0 Å². The summed E-state index contributed by atoms with van der Waals surface area (Å²) < 4.78 is 63.9. The zero-order chi connectivity index (χ0) is 16.2. The molecule has 0 unspecified atom stereocenters. The highest BCUT2D eigenvalue weighted by Crippen LogP contribution is 2.29. The molecule has 0 spiro atoms. The topological polar surface area (TPSA) is 46.2 Å². The second-order valence-corrected chi connectivity index (χ2v) is 6.57. The summed E-state index contributed by atoms with van der Waals surface area (Å²) in [6, 6.07) is 13.1. The molecule has 0 saturated heterocycles. The fraction of sp³-hybridized carbons (Fsp3) is 0.200. The van der Waals surface area contributed by atoms with Crippen LogP contribution in [0, 0.1) is 0 Å². The molecule has 118 valence electrons. The van der Waals surface area contributed by atoms with Crippen LogP contribution in [0.25, 0.3) is 0 Å². The highest BCUT2D eigenvalue weighted by Gasteiger charge is 2.30. The third-order valence-corrected chi connectivity index (χ3v) is 4.25. The smallest absolute Gasteiger partial charge is 0.212 e. The van der Waals surface area contributed by atoms with E-state index < -0.39 is 21.8 Å². The lowest BCUT2D eigenvalue weighted by molar-refractivity contribution is -0.137. The van der Waals surface area contributed by atoms with Crippen molar-refractivity contribution in [3.05, 3.63) is 71.3 Å². The van der Waals surface area contributed by atoms with Crippen molar-refractivity contribution < 1.29 is 21.6 Å². The van der Waals surface area contributed by atoms with Gasteiger partial charge in [0, 0.05) is 6.54 Å². The van der Waals surface area contributed by atoms with Crippen LogP contribution in [-0.4, -0.2) is 8.42 Å². The van der Waals surface area contributed by atoms with E-state index in [4.69, 9.17) is 0 Å². The van der Waals surface area contributed by atoms with Gasteiger partial charge >= 0.3 is 6.18 Å². The van der Waals surface area contributed by atoms with Crippen molar-refractivity contribution in [3.63, 3.8) is 0 Å². The van der Waals surface area contributed by atoms with Crippen molar-refractivity contribution in [1.82, 2.24) is 4.72 Å². The van der Waals surface area contributed by atoms with E-state index in [2.05, 4.69) is 4.72 Å². The minimum absolute atomic E-state index is 0.181. The first-order valence-electron chi connectivity index (χ1n) is 6.44. The second-order valence-electron chi connectivity index (χ2n) is 4.76. The number of rotatable bonds is 5. The summed E-state index contributed by atoms with van der Waals surface area (Å²) in [5, 5.41) is 0. The average Bonchev–Trinajstić information content (AvgIpc) is 2.45. The van der Waals surface area contributed by atoms with E-state index in [1.165, 1.54) is 12.1 Å². The molecular weight excluding hydrogens is 315 g/mol. The molecule has 0 heterocycles. The van der Waals surface area contributed by atoms with E-state index in [9.17, 15) is 21.6 Å². The Morgan fingerprint density at radius 2 is 1.55 bits per heavy atom. The number of halogens is 3. The molecule has 0 saturated carbocycles. The van der Waals surface area contributed by atoms with Crippen molar-refractivity contribution in [2.24, 2.45) is 0 Å². The molecular formula is C15H14F3NO2S. The van der Waals surface area contributed by atoms with Gasteiger partial charge in [-0.2, -0.15) is 13.2 Å². The van der Waals surface area contributed by atoms with Gasteiger partial charge in [0.05, 0.1) is 11.3 Å². The summed E-state index contributed by atoms with van der Waals surface area (Å²) in [6.45, 7) is -0.181. The summed E-state index contributed by atoms with van der Waals surface area (Å²) in [5.74, 6) is -0.215. The quantitative estimate of drug-likeness (QED) is 0.915. The average molecular weight is 329 g/mol. The fourth-order valence-corrected chi connectivity index (χ4v) is 3.02. The molecule has 2 aromatic rings. The summed E-state index contributed by atoms with van der Waals surface area (Å²) in [7, 11) is -3.61. The van der Waals surface area contributed by atoms with Gasteiger partial charge in [-0.1, -0.05) is 48.5 Å². The molecule has 0 aromatic heterocycles. The Bertz CT molecular complexity index is 728. The van der Waals surface area contributed by atoms with Crippen LogP contribution in [0.2, 0.25) is 0 Å². The lowest BCUT2D eigenvalue weighted by Gasteiger charge is -2.10. The Labute approximate surface area is 126 Å². The normalized spacial score (nSPS) is 12.3. The maximum atomic E-state index is 12.6. The van der Waals surface area contributed by atoms with Gasteiger partial charge in [0.1, 0.15) is 0 Å². The van der Waals surface area contributed by atoms with Crippen LogP contribution in [0.4, 0.5) is 13.2 Å². The predicted octanol–water partition coefficient (Wildman–Crippen LogP) is 3.33. The number of sulfonamides is 1. The minimum Gasteiger partial charge on any atom is -0.212 e. The Kier molecular flexibility index (Phi) is 4.87. The van der Waals surface area contributed by atoms with E-state index in [1.807, 2.05) is 0 Å². The molecule has 0 fully saturated rings. The van der Waals surface area contributed by atoms with Gasteiger partial charge in [0.2, 0.25) is 10.0 Å². The third-order valence-electron chi connectivity index (χ3n) is 2.95. The molecule has 1 N–H and O–H groups in total. The number of alkyl halides is 3. The number of benzene rings is 2. The van der Waals surface area contributed by atoms with Gasteiger partial charge in [-0.3, -0.25) is 0 Å². The zero-order valence-corrected chi connectivity index (χ0v) is 12.3. The van der Waals surface area contributed by atoms with Crippen molar-refractivity contribution >= 4 is 10.0 Å². The molecule has 22 heavy (non-hydrogen) atoms. The summed E-state index contributed by atoms with van der Waals surface area (Å²) in [4.78, 5) is 0. The number of hydrogen-bond donors (Lipinski definition) is 1. The maximum Gasteiger partial charge on any atom is 0.416 e.